The molecule has 0 aromatic rings. The van der Waals surface area contributed by atoms with Gasteiger partial charge in [0.05, 0.1) is 16.2 Å². The monoisotopic (exact) mass is 338 g/mol. The molecule has 1 rings (SSSR count). The van der Waals surface area contributed by atoms with Crippen LogP contribution >= 0.6 is 31.9 Å². The molecule has 0 radical (unpaired) electrons. The predicted molar refractivity (Wildman–Crippen MR) is 64.6 cm³/mol. The molecule has 0 fully saturated rings. The molecule has 0 spiro atoms. The van der Waals surface area contributed by atoms with Crippen LogP contribution in [0, 0.1) is 0 Å². The highest BCUT2D eigenvalue weighted by Crippen LogP contribution is 2.36. The Labute approximate surface area is 105 Å². The number of hydrogen-bond donors (Lipinski definition) is 1. The molecule has 1 aliphatic heterocycles. The van der Waals surface area contributed by atoms with Crippen LogP contribution < -0.4 is 0 Å². The largest absolute Gasteiger partial charge is 0.421 e. The van der Waals surface area contributed by atoms with Crippen molar-refractivity contribution < 1.29 is 14.6 Å². The third-order valence-corrected chi connectivity index (χ3v) is 3.21. The average Bonchev–Trinajstić information content (AvgIpc) is 2.42. The Hall–Kier alpha value is -0.130. The van der Waals surface area contributed by atoms with E-state index >= 15 is 0 Å². The number of ether oxygens (including phenoxy) is 1. The summed E-state index contributed by atoms with van der Waals surface area (Å²) in [5, 5.41) is 9.76. The summed E-state index contributed by atoms with van der Waals surface area (Å²) >= 11 is 6.51. The number of cyclic esters (lactones) is 1. The first-order valence-electron chi connectivity index (χ1n) is 4.65. The second-order valence-corrected chi connectivity index (χ2v) is 5.27. The number of carbonyl (C=O) groups excluding carboxylic acids is 1. The molecule has 0 aromatic carbocycles. The van der Waals surface area contributed by atoms with E-state index in [9.17, 15) is 9.90 Å². The molecule has 1 aliphatic rings. The number of rotatable bonds is 3. The SMILES string of the molecule is CCC[C@@H](O)C1=C(Br)/C(=C(\C)Br)OC1=O. The van der Waals surface area contributed by atoms with Crippen molar-refractivity contribution in [3.05, 3.63) is 20.3 Å². The molecule has 15 heavy (non-hydrogen) atoms. The zero-order valence-electron chi connectivity index (χ0n) is 8.51. The van der Waals surface area contributed by atoms with E-state index in [1.807, 2.05) is 6.92 Å². The third-order valence-electron chi connectivity index (χ3n) is 2.06. The Kier molecular flexibility index (Phi) is 4.55. The van der Waals surface area contributed by atoms with Crippen LogP contribution in [-0.2, 0) is 9.53 Å². The fraction of sp³-hybridized carbons (Fsp3) is 0.500. The van der Waals surface area contributed by atoms with E-state index in [1.54, 1.807) is 6.92 Å². The number of aliphatic hydroxyl groups excluding tert-OH is 1. The fourth-order valence-corrected chi connectivity index (χ4v) is 2.68. The van der Waals surface area contributed by atoms with Crippen molar-refractivity contribution in [2.45, 2.75) is 32.8 Å². The number of halogens is 2. The van der Waals surface area contributed by atoms with Crippen LogP contribution in [0.25, 0.3) is 0 Å². The minimum absolute atomic E-state index is 0.311. The highest BCUT2D eigenvalue weighted by atomic mass is 79.9. The summed E-state index contributed by atoms with van der Waals surface area (Å²) in [4.78, 5) is 11.5. The van der Waals surface area contributed by atoms with E-state index in [-0.39, 0.29) is 0 Å². The van der Waals surface area contributed by atoms with Crippen molar-refractivity contribution in [1.29, 1.82) is 0 Å². The van der Waals surface area contributed by atoms with Crippen molar-refractivity contribution in [2.24, 2.45) is 0 Å². The molecule has 5 heteroatoms. The molecule has 0 aliphatic carbocycles. The molecular formula is C10H12Br2O3. The van der Waals surface area contributed by atoms with Gasteiger partial charge in [-0.05, 0) is 29.3 Å². The van der Waals surface area contributed by atoms with E-state index in [1.165, 1.54) is 0 Å². The lowest BCUT2D eigenvalue weighted by Gasteiger charge is -2.07. The summed E-state index contributed by atoms with van der Waals surface area (Å²) in [6.07, 6.45) is 0.597. The van der Waals surface area contributed by atoms with Gasteiger partial charge >= 0.3 is 5.97 Å². The van der Waals surface area contributed by atoms with E-state index in [0.717, 1.165) is 10.9 Å². The first kappa shape index (κ1) is 12.9. The van der Waals surface area contributed by atoms with Gasteiger partial charge in [0.15, 0.2) is 5.76 Å². The summed E-state index contributed by atoms with van der Waals surface area (Å²) < 4.78 is 6.30. The average molecular weight is 340 g/mol. The Morgan fingerprint density at radius 3 is 2.60 bits per heavy atom. The highest BCUT2D eigenvalue weighted by molar-refractivity contribution is 9.12. The number of aliphatic hydroxyl groups is 1. The van der Waals surface area contributed by atoms with Crippen LogP contribution in [0.1, 0.15) is 26.7 Å². The topological polar surface area (TPSA) is 46.5 Å². The first-order valence-corrected chi connectivity index (χ1v) is 6.24. The molecule has 1 N–H and O–H groups in total. The van der Waals surface area contributed by atoms with Crippen molar-refractivity contribution in [1.82, 2.24) is 0 Å². The maximum absolute atomic E-state index is 11.5. The molecule has 84 valence electrons. The van der Waals surface area contributed by atoms with Crippen LogP contribution in [0.3, 0.4) is 0 Å². The van der Waals surface area contributed by atoms with Gasteiger partial charge in [0.2, 0.25) is 0 Å². The predicted octanol–water partition coefficient (Wildman–Crippen LogP) is 2.98. The van der Waals surface area contributed by atoms with Crippen LogP contribution in [0.5, 0.6) is 0 Å². The van der Waals surface area contributed by atoms with E-state index < -0.39 is 12.1 Å². The van der Waals surface area contributed by atoms with Crippen LogP contribution in [-0.4, -0.2) is 17.2 Å². The van der Waals surface area contributed by atoms with Gasteiger partial charge in [0.25, 0.3) is 0 Å². The van der Waals surface area contributed by atoms with E-state index in [4.69, 9.17) is 4.74 Å². The minimum Gasteiger partial charge on any atom is -0.421 e. The second-order valence-electron chi connectivity index (χ2n) is 3.28. The maximum atomic E-state index is 11.5. The van der Waals surface area contributed by atoms with Gasteiger partial charge in [0, 0.05) is 4.48 Å². The lowest BCUT2D eigenvalue weighted by Crippen LogP contribution is -2.15. The van der Waals surface area contributed by atoms with Crippen molar-refractivity contribution in [2.75, 3.05) is 0 Å². The highest BCUT2D eigenvalue weighted by Gasteiger charge is 2.33. The fourth-order valence-electron chi connectivity index (χ4n) is 1.33. The minimum atomic E-state index is -0.763. The summed E-state index contributed by atoms with van der Waals surface area (Å²) in [5.41, 5.74) is 0.311. The van der Waals surface area contributed by atoms with Gasteiger partial charge < -0.3 is 9.84 Å². The molecule has 0 bridgehead atoms. The molecule has 1 heterocycles. The third kappa shape index (κ3) is 2.71. The lowest BCUT2D eigenvalue weighted by molar-refractivity contribution is -0.134. The molecule has 0 unspecified atom stereocenters. The van der Waals surface area contributed by atoms with Gasteiger partial charge in [-0.1, -0.05) is 29.3 Å². The summed E-state index contributed by atoms with van der Waals surface area (Å²) in [5.74, 6) is -0.0261. The quantitative estimate of drug-likeness (QED) is 0.804. The van der Waals surface area contributed by atoms with Gasteiger partial charge in [-0.15, -0.1) is 0 Å². The standard InChI is InChI=1S/C10H12Br2O3/c1-3-4-6(13)7-8(12)9(5(2)11)15-10(7)14/h6,13H,3-4H2,1-2H3/b9-5-/t6-/m1/s1. The summed E-state index contributed by atoms with van der Waals surface area (Å²) in [6, 6.07) is 0. The van der Waals surface area contributed by atoms with E-state index in [0.29, 0.717) is 22.2 Å². The molecule has 1 atom stereocenters. The normalized spacial score (nSPS) is 21.8. The molecular weight excluding hydrogens is 328 g/mol. The Balaban J connectivity index is 3.05. The number of hydrogen-bond acceptors (Lipinski definition) is 3. The molecule has 0 aromatic heterocycles. The van der Waals surface area contributed by atoms with Gasteiger partial charge in [-0.3, -0.25) is 0 Å². The van der Waals surface area contributed by atoms with Crippen molar-refractivity contribution >= 4 is 37.8 Å². The number of carbonyl (C=O) groups is 1. The molecule has 0 amide bonds. The Morgan fingerprint density at radius 2 is 2.20 bits per heavy atom. The lowest BCUT2D eigenvalue weighted by atomic mass is 10.1. The summed E-state index contributed by atoms with van der Waals surface area (Å²) in [7, 11) is 0. The molecule has 3 nitrogen and oxygen atoms in total. The van der Waals surface area contributed by atoms with Gasteiger partial charge in [-0.2, -0.15) is 0 Å². The number of esters is 1. The Bertz CT molecular complexity index is 341. The number of allylic oxidation sites excluding steroid dienone is 2. The van der Waals surface area contributed by atoms with Gasteiger partial charge in [-0.25, -0.2) is 4.79 Å². The maximum Gasteiger partial charge on any atom is 0.343 e. The summed E-state index contributed by atoms with van der Waals surface area (Å²) in [6.45, 7) is 3.73. The zero-order valence-corrected chi connectivity index (χ0v) is 11.7. The second kappa shape index (κ2) is 5.27. The van der Waals surface area contributed by atoms with Crippen molar-refractivity contribution in [3.8, 4) is 0 Å². The van der Waals surface area contributed by atoms with Crippen LogP contribution in [0.4, 0.5) is 0 Å². The van der Waals surface area contributed by atoms with Gasteiger partial charge in [0.1, 0.15) is 0 Å². The van der Waals surface area contributed by atoms with E-state index in [2.05, 4.69) is 31.9 Å². The van der Waals surface area contributed by atoms with Crippen LogP contribution in [0.15, 0.2) is 20.3 Å². The first-order chi connectivity index (χ1) is 6.99. The molecule has 0 saturated heterocycles. The van der Waals surface area contributed by atoms with Crippen LogP contribution in [0.2, 0.25) is 0 Å². The van der Waals surface area contributed by atoms with Crippen molar-refractivity contribution in [3.63, 3.8) is 0 Å². The molecule has 0 saturated carbocycles. The Morgan fingerprint density at radius 1 is 1.60 bits per heavy atom. The zero-order chi connectivity index (χ0) is 11.6. The smallest absolute Gasteiger partial charge is 0.343 e.